The summed E-state index contributed by atoms with van der Waals surface area (Å²) in [6.45, 7) is 8.52. The van der Waals surface area contributed by atoms with E-state index in [1.807, 2.05) is 6.92 Å². The maximum Gasteiger partial charge on any atom is 0.338 e. The molecule has 0 aromatic carbocycles. The summed E-state index contributed by atoms with van der Waals surface area (Å²) in [7, 11) is 0. The van der Waals surface area contributed by atoms with Gasteiger partial charge >= 0.3 is 5.97 Å². The minimum atomic E-state index is -1.88. The maximum atomic E-state index is 14.0. The van der Waals surface area contributed by atoms with E-state index < -0.39 is 29.8 Å². The third-order valence-corrected chi connectivity index (χ3v) is 11.1. The highest BCUT2D eigenvalue weighted by atomic mass is 19.1. The lowest BCUT2D eigenvalue weighted by Gasteiger charge is -2.65. The van der Waals surface area contributed by atoms with E-state index in [0.29, 0.717) is 6.42 Å². The fourth-order valence-electron chi connectivity index (χ4n) is 9.48. The van der Waals surface area contributed by atoms with Gasteiger partial charge in [-0.1, -0.05) is 34.1 Å². The maximum absolute atomic E-state index is 14.0. The summed E-state index contributed by atoms with van der Waals surface area (Å²) in [5.74, 6) is -0.619. The quantitative estimate of drug-likeness (QED) is 0.503. The van der Waals surface area contributed by atoms with Crippen molar-refractivity contribution < 1.29 is 29.6 Å². The van der Waals surface area contributed by atoms with Crippen LogP contribution in [0.25, 0.3) is 0 Å². The minimum Gasteiger partial charge on any atom is -0.479 e. The van der Waals surface area contributed by atoms with E-state index in [1.165, 1.54) is 0 Å². The molecule has 0 aromatic heterocycles. The summed E-state index contributed by atoms with van der Waals surface area (Å²) >= 11 is 0. The summed E-state index contributed by atoms with van der Waals surface area (Å²) in [5, 5.41) is 42.7. The molecule has 0 spiro atoms. The van der Waals surface area contributed by atoms with E-state index >= 15 is 0 Å². The molecule has 0 bridgehead atoms. The summed E-state index contributed by atoms with van der Waals surface area (Å²) in [5.41, 5.74) is -0.432. The van der Waals surface area contributed by atoms with Crippen molar-refractivity contribution in [3.05, 3.63) is 0 Å². The number of carboxylic acid groups (broad SMARTS) is 1. The lowest BCUT2D eigenvalue weighted by molar-refractivity contribution is -0.228. The minimum absolute atomic E-state index is 0.00313. The number of fused-ring (bicyclic) bond motifs is 5. The van der Waals surface area contributed by atoms with E-state index in [4.69, 9.17) is 5.11 Å². The number of alkyl halides is 1. The summed E-state index contributed by atoms with van der Waals surface area (Å²) in [6, 6.07) is 0. The second-order valence-corrected chi connectivity index (χ2v) is 12.2. The van der Waals surface area contributed by atoms with Crippen LogP contribution in [0.1, 0.15) is 79.1 Å². The number of carbonyl (C=O) groups is 1. The molecule has 0 saturated heterocycles. The van der Waals surface area contributed by atoms with Crippen molar-refractivity contribution in [2.75, 3.05) is 0 Å². The second-order valence-electron chi connectivity index (χ2n) is 12.2. The van der Waals surface area contributed by atoms with Crippen molar-refractivity contribution in [2.24, 2.45) is 52.3 Å². The smallest absolute Gasteiger partial charge is 0.338 e. The number of aliphatic carboxylic acids is 1. The van der Waals surface area contributed by atoms with Gasteiger partial charge in [-0.25, -0.2) is 9.18 Å². The topological polar surface area (TPSA) is 98.0 Å². The Bertz CT molecular complexity index is 716. The van der Waals surface area contributed by atoms with Crippen molar-refractivity contribution in [2.45, 2.75) is 104 Å². The predicted molar refractivity (Wildman–Crippen MR) is 119 cm³/mol. The molecule has 0 amide bonds. The molecule has 0 radical (unpaired) electrons. The first kappa shape index (κ1) is 24.4. The summed E-state index contributed by atoms with van der Waals surface area (Å²) in [4.78, 5) is 11.1. The van der Waals surface area contributed by atoms with E-state index in [-0.39, 0.29) is 59.4 Å². The van der Waals surface area contributed by atoms with Crippen LogP contribution in [0.3, 0.4) is 0 Å². The number of aliphatic hydroxyl groups excluding tert-OH is 3. The van der Waals surface area contributed by atoms with Gasteiger partial charge in [0.1, 0.15) is 0 Å². The van der Waals surface area contributed by atoms with Gasteiger partial charge in [-0.2, -0.15) is 0 Å². The Kier molecular flexibility index (Phi) is 6.48. The number of hydrogen-bond donors (Lipinski definition) is 4. The number of hydrogen-bond acceptors (Lipinski definition) is 4. The molecule has 6 heteroatoms. The molecule has 4 aliphatic carbocycles. The summed E-state index contributed by atoms with van der Waals surface area (Å²) < 4.78 is 14.0. The van der Waals surface area contributed by atoms with Gasteiger partial charge in [0.2, 0.25) is 0 Å². The molecule has 32 heavy (non-hydrogen) atoms. The van der Waals surface area contributed by atoms with Crippen LogP contribution < -0.4 is 0 Å². The first-order valence-corrected chi connectivity index (χ1v) is 12.9. The van der Waals surface area contributed by atoms with Gasteiger partial charge in [-0.3, -0.25) is 0 Å². The Hall–Kier alpha value is -0.720. The van der Waals surface area contributed by atoms with Crippen LogP contribution >= 0.6 is 0 Å². The van der Waals surface area contributed by atoms with Gasteiger partial charge in [0, 0.05) is 0 Å². The normalized spacial score (nSPS) is 52.4. The van der Waals surface area contributed by atoms with Crippen molar-refractivity contribution >= 4 is 5.97 Å². The average Bonchev–Trinajstić information content (AvgIpc) is 3.09. The number of aliphatic hydroxyl groups is 3. The molecule has 4 aliphatic rings. The van der Waals surface area contributed by atoms with E-state index in [2.05, 4.69) is 20.8 Å². The molecule has 0 aliphatic heterocycles. The van der Waals surface area contributed by atoms with Crippen LogP contribution in [0.4, 0.5) is 4.39 Å². The third-order valence-electron chi connectivity index (χ3n) is 11.1. The zero-order valence-corrected chi connectivity index (χ0v) is 20.1. The second kappa shape index (κ2) is 8.49. The predicted octanol–water partition coefficient (Wildman–Crippen LogP) is 4.03. The standard InChI is InChI=1S/C26H43FO5/c1-5-15-18-11-14(28)8-9-25(18,3)19-12-21(29)26(4)16(13(2)10-20(27)24(31)32)6-7-17(26)22(19)23(15)30/h13-23,28-30H,5-12H2,1-4H3,(H,31,32)/t13-,14-,15-,16-,17?,18+,19?,20-,21+,22?,23?,25+,26-/m1/s1. The zero-order chi connectivity index (χ0) is 23.6. The monoisotopic (exact) mass is 454 g/mol. The zero-order valence-electron chi connectivity index (χ0n) is 20.1. The van der Waals surface area contributed by atoms with Gasteiger partial charge in [0.05, 0.1) is 18.3 Å². The van der Waals surface area contributed by atoms with Crippen LogP contribution in [-0.2, 0) is 4.79 Å². The van der Waals surface area contributed by atoms with Crippen LogP contribution in [0, 0.1) is 52.3 Å². The van der Waals surface area contributed by atoms with Crippen molar-refractivity contribution in [1.82, 2.24) is 0 Å². The molecule has 4 fully saturated rings. The lowest BCUT2D eigenvalue weighted by atomic mass is 9.41. The first-order chi connectivity index (χ1) is 15.0. The van der Waals surface area contributed by atoms with Gasteiger partial charge in [0.15, 0.2) is 6.17 Å². The van der Waals surface area contributed by atoms with Crippen LogP contribution in [0.2, 0.25) is 0 Å². The SMILES string of the molecule is CC[C@H]1C(O)C2C3CC[C@H]([C@H](C)C[C@@H](F)C(=O)O)[C@@]3(C)[C@@H](O)CC2[C@@]2(C)CC[C@@H](O)C[C@@H]12. The number of rotatable bonds is 5. The van der Waals surface area contributed by atoms with Gasteiger partial charge in [-0.05, 0) is 97.2 Å². The average molecular weight is 455 g/mol. The van der Waals surface area contributed by atoms with E-state index in [9.17, 15) is 24.5 Å². The van der Waals surface area contributed by atoms with E-state index in [1.54, 1.807) is 0 Å². The fourth-order valence-corrected chi connectivity index (χ4v) is 9.48. The summed E-state index contributed by atoms with van der Waals surface area (Å²) in [6.07, 6.45) is 2.51. The lowest BCUT2D eigenvalue weighted by Crippen LogP contribution is -2.65. The van der Waals surface area contributed by atoms with Crippen LogP contribution in [0.15, 0.2) is 0 Å². The highest BCUT2D eigenvalue weighted by Gasteiger charge is 2.67. The Morgan fingerprint density at radius 1 is 1.06 bits per heavy atom. The van der Waals surface area contributed by atoms with Crippen molar-refractivity contribution in [3.8, 4) is 0 Å². The molecule has 4 unspecified atom stereocenters. The van der Waals surface area contributed by atoms with E-state index in [0.717, 1.165) is 38.5 Å². The third kappa shape index (κ3) is 3.46. The Labute approximate surface area is 191 Å². The van der Waals surface area contributed by atoms with Crippen LogP contribution in [-0.4, -0.2) is 50.9 Å². The van der Waals surface area contributed by atoms with Crippen molar-refractivity contribution in [1.29, 1.82) is 0 Å². The Balaban J connectivity index is 1.66. The molecular formula is C26H43FO5. The number of halogens is 1. The number of carboxylic acids is 1. The molecule has 5 nitrogen and oxygen atoms in total. The van der Waals surface area contributed by atoms with Gasteiger partial charge < -0.3 is 20.4 Å². The van der Waals surface area contributed by atoms with Gasteiger partial charge in [-0.15, -0.1) is 0 Å². The van der Waals surface area contributed by atoms with Crippen molar-refractivity contribution in [3.63, 3.8) is 0 Å². The highest BCUT2D eigenvalue weighted by Crippen LogP contribution is 2.69. The first-order valence-electron chi connectivity index (χ1n) is 12.9. The molecule has 0 aromatic rings. The molecule has 184 valence electrons. The molecule has 13 atom stereocenters. The highest BCUT2D eigenvalue weighted by molar-refractivity contribution is 5.72. The molecule has 4 N–H and O–H groups in total. The van der Waals surface area contributed by atoms with Crippen LogP contribution in [0.5, 0.6) is 0 Å². The Morgan fingerprint density at radius 3 is 2.38 bits per heavy atom. The largest absolute Gasteiger partial charge is 0.479 e. The molecule has 4 saturated carbocycles. The Morgan fingerprint density at radius 2 is 1.75 bits per heavy atom. The molecule has 4 rings (SSSR count). The molecule has 0 heterocycles. The molecular weight excluding hydrogens is 411 g/mol. The fraction of sp³-hybridized carbons (Fsp3) is 0.962. The van der Waals surface area contributed by atoms with Gasteiger partial charge in [0.25, 0.3) is 0 Å².